The second-order valence-corrected chi connectivity index (χ2v) is 6.04. The molecule has 1 aliphatic rings. The van der Waals surface area contributed by atoms with Gasteiger partial charge in [-0.1, -0.05) is 48.5 Å². The van der Waals surface area contributed by atoms with Gasteiger partial charge in [-0.2, -0.15) is 0 Å². The van der Waals surface area contributed by atoms with E-state index in [1.165, 1.54) is 16.5 Å². The summed E-state index contributed by atoms with van der Waals surface area (Å²) >= 11 is 0. The maximum absolute atomic E-state index is 5.66. The third-order valence-electron chi connectivity index (χ3n) is 4.35. The number of ether oxygens (including phenoxy) is 1. The number of para-hydroxylation sites is 1. The fourth-order valence-corrected chi connectivity index (χ4v) is 3.21. The second-order valence-electron chi connectivity index (χ2n) is 6.04. The first-order valence-electron chi connectivity index (χ1n) is 8.13. The lowest BCUT2D eigenvalue weighted by Gasteiger charge is -2.32. The highest BCUT2D eigenvalue weighted by Gasteiger charge is 2.19. The van der Waals surface area contributed by atoms with Crippen molar-refractivity contribution in [1.82, 2.24) is 4.98 Å². The van der Waals surface area contributed by atoms with Gasteiger partial charge in [0.2, 0.25) is 0 Å². The summed E-state index contributed by atoms with van der Waals surface area (Å²) in [6, 6.07) is 21.1. The quantitative estimate of drug-likeness (QED) is 0.712. The maximum Gasteiger partial charge on any atom is 0.130 e. The van der Waals surface area contributed by atoms with Crippen molar-refractivity contribution in [3.05, 3.63) is 60.7 Å². The topological polar surface area (TPSA) is 25.4 Å². The molecule has 2 heterocycles. The van der Waals surface area contributed by atoms with Gasteiger partial charge in [-0.15, -0.1) is 0 Å². The van der Waals surface area contributed by atoms with Crippen LogP contribution in [0.2, 0.25) is 0 Å². The van der Waals surface area contributed by atoms with Crippen molar-refractivity contribution in [2.45, 2.75) is 13.0 Å². The van der Waals surface area contributed by atoms with Crippen LogP contribution in [0.1, 0.15) is 6.92 Å². The highest BCUT2D eigenvalue weighted by Crippen LogP contribution is 2.31. The summed E-state index contributed by atoms with van der Waals surface area (Å²) in [4.78, 5) is 7.22. The Morgan fingerprint density at radius 3 is 2.65 bits per heavy atom. The number of morpholine rings is 1. The SMILES string of the molecule is C[C@H]1CN(c2cc(-c3ccccc3)c3ccccc3n2)CCO1. The third kappa shape index (κ3) is 2.80. The van der Waals surface area contributed by atoms with E-state index in [1.807, 2.05) is 0 Å². The Balaban J connectivity index is 1.87. The van der Waals surface area contributed by atoms with Gasteiger partial charge >= 0.3 is 0 Å². The molecule has 3 aromatic rings. The number of aromatic nitrogens is 1. The molecule has 0 N–H and O–H groups in total. The van der Waals surface area contributed by atoms with Gasteiger partial charge in [0.15, 0.2) is 0 Å². The molecule has 0 saturated carbocycles. The van der Waals surface area contributed by atoms with Crippen LogP contribution in [-0.4, -0.2) is 30.8 Å². The normalized spacial score (nSPS) is 18.3. The molecule has 3 heteroatoms. The van der Waals surface area contributed by atoms with Gasteiger partial charge in [0.25, 0.3) is 0 Å². The van der Waals surface area contributed by atoms with Gasteiger partial charge in [0.1, 0.15) is 5.82 Å². The van der Waals surface area contributed by atoms with Gasteiger partial charge in [0.05, 0.1) is 18.2 Å². The van der Waals surface area contributed by atoms with Crippen LogP contribution in [0.25, 0.3) is 22.0 Å². The van der Waals surface area contributed by atoms with E-state index in [1.54, 1.807) is 0 Å². The van der Waals surface area contributed by atoms with Crippen LogP contribution in [0.15, 0.2) is 60.7 Å². The molecule has 0 amide bonds. The highest BCUT2D eigenvalue weighted by atomic mass is 16.5. The number of hydrogen-bond acceptors (Lipinski definition) is 3. The summed E-state index contributed by atoms with van der Waals surface area (Å²) < 4.78 is 5.66. The van der Waals surface area contributed by atoms with E-state index in [2.05, 4.69) is 72.5 Å². The zero-order valence-corrected chi connectivity index (χ0v) is 13.3. The molecule has 1 saturated heterocycles. The smallest absolute Gasteiger partial charge is 0.130 e. The Bertz CT molecular complexity index is 816. The Morgan fingerprint density at radius 1 is 1.04 bits per heavy atom. The van der Waals surface area contributed by atoms with E-state index >= 15 is 0 Å². The lowest BCUT2D eigenvalue weighted by molar-refractivity contribution is 0.0529. The highest BCUT2D eigenvalue weighted by molar-refractivity contribution is 5.96. The van der Waals surface area contributed by atoms with E-state index in [4.69, 9.17) is 9.72 Å². The number of pyridine rings is 1. The van der Waals surface area contributed by atoms with Crippen molar-refractivity contribution >= 4 is 16.7 Å². The first-order valence-corrected chi connectivity index (χ1v) is 8.13. The minimum absolute atomic E-state index is 0.247. The summed E-state index contributed by atoms with van der Waals surface area (Å²) in [6.07, 6.45) is 0.247. The third-order valence-corrected chi connectivity index (χ3v) is 4.35. The predicted molar refractivity (Wildman–Crippen MR) is 94.8 cm³/mol. The lowest BCUT2D eigenvalue weighted by atomic mass is 10.0. The fraction of sp³-hybridized carbons (Fsp3) is 0.250. The minimum atomic E-state index is 0.247. The van der Waals surface area contributed by atoms with Crippen LogP contribution in [0.4, 0.5) is 5.82 Å². The van der Waals surface area contributed by atoms with Crippen LogP contribution in [0, 0.1) is 0 Å². The molecular formula is C20H20N2O. The summed E-state index contributed by atoms with van der Waals surface area (Å²) in [5, 5.41) is 1.20. The first-order chi connectivity index (χ1) is 11.3. The maximum atomic E-state index is 5.66. The molecule has 3 nitrogen and oxygen atoms in total. The Morgan fingerprint density at radius 2 is 1.83 bits per heavy atom. The van der Waals surface area contributed by atoms with E-state index in [0.717, 1.165) is 31.0 Å². The lowest BCUT2D eigenvalue weighted by Crippen LogP contribution is -2.41. The molecule has 1 fully saturated rings. The molecular weight excluding hydrogens is 284 g/mol. The minimum Gasteiger partial charge on any atom is -0.375 e. The fourth-order valence-electron chi connectivity index (χ4n) is 3.21. The average molecular weight is 304 g/mol. The summed E-state index contributed by atoms with van der Waals surface area (Å²) in [5.41, 5.74) is 3.52. The van der Waals surface area contributed by atoms with Crippen LogP contribution in [0.3, 0.4) is 0 Å². The molecule has 0 aliphatic carbocycles. The molecule has 1 aliphatic heterocycles. The molecule has 116 valence electrons. The van der Waals surface area contributed by atoms with Gasteiger partial charge < -0.3 is 9.64 Å². The molecule has 0 unspecified atom stereocenters. The summed E-state index contributed by atoms with van der Waals surface area (Å²) in [6.45, 7) is 4.66. The van der Waals surface area contributed by atoms with Crippen molar-refractivity contribution in [2.24, 2.45) is 0 Å². The van der Waals surface area contributed by atoms with Gasteiger partial charge in [0, 0.05) is 18.5 Å². The molecule has 1 atom stereocenters. The van der Waals surface area contributed by atoms with E-state index < -0.39 is 0 Å². The monoisotopic (exact) mass is 304 g/mol. The number of benzene rings is 2. The predicted octanol–water partition coefficient (Wildman–Crippen LogP) is 4.13. The van der Waals surface area contributed by atoms with Crippen LogP contribution in [-0.2, 0) is 4.74 Å². The van der Waals surface area contributed by atoms with Crippen molar-refractivity contribution in [1.29, 1.82) is 0 Å². The number of anilines is 1. The second kappa shape index (κ2) is 6.01. The van der Waals surface area contributed by atoms with E-state index in [0.29, 0.717) is 0 Å². The van der Waals surface area contributed by atoms with Crippen molar-refractivity contribution < 1.29 is 4.74 Å². The first kappa shape index (κ1) is 14.2. The molecule has 0 spiro atoms. The molecule has 2 aromatic carbocycles. The molecule has 23 heavy (non-hydrogen) atoms. The number of hydrogen-bond donors (Lipinski definition) is 0. The number of rotatable bonds is 2. The average Bonchev–Trinajstić information content (AvgIpc) is 2.61. The van der Waals surface area contributed by atoms with Crippen molar-refractivity contribution in [2.75, 3.05) is 24.6 Å². The van der Waals surface area contributed by atoms with E-state index in [9.17, 15) is 0 Å². The molecule has 0 bridgehead atoms. The standard InChI is InChI=1S/C20H20N2O/c1-15-14-22(11-12-23-15)20-13-18(16-7-3-2-4-8-16)17-9-5-6-10-19(17)21-20/h2-10,13,15H,11-12,14H2,1H3/t15-/m0/s1. The molecule has 4 rings (SSSR count). The van der Waals surface area contributed by atoms with E-state index in [-0.39, 0.29) is 6.10 Å². The summed E-state index contributed by atoms with van der Waals surface area (Å²) in [5.74, 6) is 1.04. The van der Waals surface area contributed by atoms with Crippen LogP contribution in [0.5, 0.6) is 0 Å². The summed E-state index contributed by atoms with van der Waals surface area (Å²) in [7, 11) is 0. The Hall–Kier alpha value is -2.39. The van der Waals surface area contributed by atoms with Crippen LogP contribution < -0.4 is 4.90 Å². The van der Waals surface area contributed by atoms with Gasteiger partial charge in [-0.05, 0) is 30.2 Å². The molecule has 0 radical (unpaired) electrons. The molecule has 1 aromatic heterocycles. The number of nitrogens with zero attached hydrogens (tertiary/aromatic N) is 2. The zero-order chi connectivity index (χ0) is 15.6. The van der Waals surface area contributed by atoms with Crippen molar-refractivity contribution in [3.8, 4) is 11.1 Å². The Labute approximate surface area is 136 Å². The van der Waals surface area contributed by atoms with Crippen molar-refractivity contribution in [3.63, 3.8) is 0 Å². The van der Waals surface area contributed by atoms with Gasteiger partial charge in [-0.3, -0.25) is 0 Å². The Kier molecular flexibility index (Phi) is 3.72. The van der Waals surface area contributed by atoms with Crippen LogP contribution >= 0.6 is 0 Å². The zero-order valence-electron chi connectivity index (χ0n) is 13.3. The van der Waals surface area contributed by atoms with Gasteiger partial charge in [-0.25, -0.2) is 4.98 Å². The largest absolute Gasteiger partial charge is 0.375 e. The number of fused-ring (bicyclic) bond motifs is 1.